The van der Waals surface area contributed by atoms with E-state index in [-0.39, 0.29) is 5.91 Å². The molecule has 1 amide bonds. The average Bonchev–Trinajstić information content (AvgIpc) is 2.38. The van der Waals surface area contributed by atoms with Crippen molar-refractivity contribution in [1.82, 2.24) is 15.5 Å². The van der Waals surface area contributed by atoms with E-state index < -0.39 is 0 Å². The van der Waals surface area contributed by atoms with Gasteiger partial charge < -0.3 is 10.6 Å². The van der Waals surface area contributed by atoms with Gasteiger partial charge in [-0.25, -0.2) is 0 Å². The van der Waals surface area contributed by atoms with Crippen LogP contribution in [-0.4, -0.2) is 43.0 Å². The fourth-order valence-corrected chi connectivity index (χ4v) is 2.45. The molecule has 1 aliphatic rings. The Morgan fingerprint density at radius 3 is 3.05 bits per heavy atom. The Morgan fingerprint density at radius 1 is 1.53 bits per heavy atom. The molecule has 2 rings (SSSR count). The number of carbonyl (C=O) groups excluding carboxylic acids is 1. The Labute approximate surface area is 119 Å². The topological polar surface area (TPSA) is 44.4 Å². The maximum atomic E-state index is 11.9. The highest BCUT2D eigenvalue weighted by Gasteiger charge is 2.17. The van der Waals surface area contributed by atoms with E-state index in [1.165, 1.54) is 0 Å². The lowest BCUT2D eigenvalue weighted by atomic mass is 10.2. The highest BCUT2D eigenvalue weighted by atomic mass is 35.5. The van der Waals surface area contributed by atoms with E-state index in [0.29, 0.717) is 24.2 Å². The standard InChI is InChI=1S/C14H20ClN3O/c1-11-9-18(7-6-16-11)10-14(19)17-8-12-4-2-3-5-13(12)15/h2-5,11,16H,6-10H2,1H3,(H,17,19). The number of nitrogens with zero attached hydrogens (tertiary/aromatic N) is 1. The number of carbonyl (C=O) groups is 1. The molecule has 0 bridgehead atoms. The second kappa shape index (κ2) is 6.89. The Hall–Kier alpha value is -1.10. The van der Waals surface area contributed by atoms with Crippen LogP contribution in [0, 0.1) is 0 Å². The summed E-state index contributed by atoms with van der Waals surface area (Å²) in [6, 6.07) is 8.02. The zero-order valence-corrected chi connectivity index (χ0v) is 11.9. The van der Waals surface area contributed by atoms with Crippen LogP contribution in [0.2, 0.25) is 5.02 Å². The second-order valence-corrected chi connectivity index (χ2v) is 5.37. The number of rotatable bonds is 4. The summed E-state index contributed by atoms with van der Waals surface area (Å²) in [4.78, 5) is 14.1. The van der Waals surface area contributed by atoms with Gasteiger partial charge in [0.2, 0.25) is 5.91 Å². The molecule has 19 heavy (non-hydrogen) atoms. The van der Waals surface area contributed by atoms with Gasteiger partial charge in [0.15, 0.2) is 0 Å². The molecule has 1 aliphatic heterocycles. The molecule has 104 valence electrons. The van der Waals surface area contributed by atoms with Crippen LogP contribution in [0.3, 0.4) is 0 Å². The van der Waals surface area contributed by atoms with Gasteiger partial charge in [0.05, 0.1) is 6.54 Å². The third-order valence-corrected chi connectivity index (χ3v) is 3.62. The Balaban J connectivity index is 1.77. The Bertz CT molecular complexity index is 438. The van der Waals surface area contributed by atoms with Crippen molar-refractivity contribution in [2.24, 2.45) is 0 Å². The van der Waals surface area contributed by atoms with E-state index in [9.17, 15) is 4.79 Å². The molecule has 0 spiro atoms. The lowest BCUT2D eigenvalue weighted by molar-refractivity contribution is -0.122. The molecule has 2 N–H and O–H groups in total. The third kappa shape index (κ3) is 4.49. The van der Waals surface area contributed by atoms with Gasteiger partial charge >= 0.3 is 0 Å². The Kier molecular flexibility index (Phi) is 5.19. The zero-order chi connectivity index (χ0) is 13.7. The fourth-order valence-electron chi connectivity index (χ4n) is 2.25. The van der Waals surface area contributed by atoms with Gasteiger partial charge in [-0.15, -0.1) is 0 Å². The highest BCUT2D eigenvalue weighted by molar-refractivity contribution is 6.31. The fraction of sp³-hybridized carbons (Fsp3) is 0.500. The molecule has 0 radical (unpaired) electrons. The van der Waals surface area contributed by atoms with Crippen LogP contribution in [-0.2, 0) is 11.3 Å². The molecule has 1 aromatic carbocycles. The molecule has 1 unspecified atom stereocenters. The van der Waals surface area contributed by atoms with Gasteiger partial charge in [-0.3, -0.25) is 9.69 Å². The molecule has 1 saturated heterocycles. The molecule has 4 nitrogen and oxygen atoms in total. The maximum Gasteiger partial charge on any atom is 0.234 e. The normalized spacial score (nSPS) is 20.2. The Morgan fingerprint density at radius 2 is 2.32 bits per heavy atom. The number of hydrogen-bond acceptors (Lipinski definition) is 3. The second-order valence-electron chi connectivity index (χ2n) is 4.96. The largest absolute Gasteiger partial charge is 0.351 e. The molecule has 1 aromatic rings. The lowest BCUT2D eigenvalue weighted by Gasteiger charge is -2.31. The summed E-state index contributed by atoms with van der Waals surface area (Å²) < 4.78 is 0. The van der Waals surface area contributed by atoms with Crippen molar-refractivity contribution in [1.29, 1.82) is 0 Å². The number of amides is 1. The van der Waals surface area contributed by atoms with E-state index in [0.717, 1.165) is 25.2 Å². The first-order chi connectivity index (χ1) is 9.15. The van der Waals surface area contributed by atoms with Crippen molar-refractivity contribution in [3.05, 3.63) is 34.9 Å². The van der Waals surface area contributed by atoms with Gasteiger partial charge in [-0.2, -0.15) is 0 Å². The van der Waals surface area contributed by atoms with E-state index in [2.05, 4.69) is 22.5 Å². The summed E-state index contributed by atoms with van der Waals surface area (Å²) in [5, 5.41) is 6.97. The summed E-state index contributed by atoms with van der Waals surface area (Å²) in [5.74, 6) is 0.0500. The van der Waals surface area contributed by atoms with Crippen LogP contribution in [0.1, 0.15) is 12.5 Å². The highest BCUT2D eigenvalue weighted by Crippen LogP contribution is 2.14. The minimum atomic E-state index is 0.0500. The number of halogens is 1. The number of nitrogens with one attached hydrogen (secondary N) is 2. The van der Waals surface area contributed by atoms with Crippen LogP contribution in [0.5, 0.6) is 0 Å². The van der Waals surface area contributed by atoms with Crippen LogP contribution >= 0.6 is 11.6 Å². The van der Waals surface area contributed by atoms with E-state index in [1.807, 2.05) is 24.3 Å². The molecule has 0 aliphatic carbocycles. The zero-order valence-electron chi connectivity index (χ0n) is 11.2. The average molecular weight is 282 g/mol. The molecule has 0 aromatic heterocycles. The predicted molar refractivity (Wildman–Crippen MR) is 77.2 cm³/mol. The van der Waals surface area contributed by atoms with E-state index in [4.69, 9.17) is 11.6 Å². The quantitative estimate of drug-likeness (QED) is 0.873. The van der Waals surface area contributed by atoms with Crippen LogP contribution in [0.15, 0.2) is 24.3 Å². The monoisotopic (exact) mass is 281 g/mol. The van der Waals surface area contributed by atoms with Gasteiger partial charge in [0.1, 0.15) is 0 Å². The molecule has 0 saturated carbocycles. The van der Waals surface area contributed by atoms with Crippen LogP contribution in [0.25, 0.3) is 0 Å². The third-order valence-electron chi connectivity index (χ3n) is 3.25. The van der Waals surface area contributed by atoms with Crippen molar-refractivity contribution in [3.8, 4) is 0 Å². The minimum absolute atomic E-state index is 0.0500. The maximum absolute atomic E-state index is 11.9. The number of benzene rings is 1. The van der Waals surface area contributed by atoms with Crippen molar-refractivity contribution in [2.75, 3.05) is 26.2 Å². The smallest absolute Gasteiger partial charge is 0.234 e. The van der Waals surface area contributed by atoms with Crippen molar-refractivity contribution in [3.63, 3.8) is 0 Å². The van der Waals surface area contributed by atoms with Crippen molar-refractivity contribution < 1.29 is 4.79 Å². The van der Waals surface area contributed by atoms with E-state index >= 15 is 0 Å². The summed E-state index contributed by atoms with van der Waals surface area (Å²) >= 11 is 6.05. The lowest BCUT2D eigenvalue weighted by Crippen LogP contribution is -2.51. The SMILES string of the molecule is CC1CN(CC(=O)NCc2ccccc2Cl)CCN1. The van der Waals surface area contributed by atoms with Gasteiger partial charge in [-0.1, -0.05) is 29.8 Å². The van der Waals surface area contributed by atoms with Gasteiger partial charge in [0.25, 0.3) is 0 Å². The number of piperazine rings is 1. The molecule has 1 fully saturated rings. The first kappa shape index (κ1) is 14.3. The predicted octanol–water partition coefficient (Wildman–Crippen LogP) is 1.25. The first-order valence-corrected chi connectivity index (χ1v) is 6.99. The summed E-state index contributed by atoms with van der Waals surface area (Å²) in [6.45, 7) is 5.85. The molecule has 1 heterocycles. The summed E-state index contributed by atoms with van der Waals surface area (Å²) in [6.07, 6.45) is 0. The molecular weight excluding hydrogens is 262 g/mol. The molecule has 5 heteroatoms. The first-order valence-electron chi connectivity index (χ1n) is 6.61. The number of hydrogen-bond donors (Lipinski definition) is 2. The van der Waals surface area contributed by atoms with Crippen LogP contribution in [0.4, 0.5) is 0 Å². The van der Waals surface area contributed by atoms with Crippen molar-refractivity contribution >= 4 is 17.5 Å². The van der Waals surface area contributed by atoms with Crippen LogP contribution < -0.4 is 10.6 Å². The summed E-state index contributed by atoms with van der Waals surface area (Å²) in [5.41, 5.74) is 0.950. The molecule has 1 atom stereocenters. The molecular formula is C14H20ClN3O. The van der Waals surface area contributed by atoms with Crippen molar-refractivity contribution in [2.45, 2.75) is 19.5 Å². The van der Waals surface area contributed by atoms with E-state index in [1.54, 1.807) is 0 Å². The summed E-state index contributed by atoms with van der Waals surface area (Å²) in [7, 11) is 0. The van der Waals surface area contributed by atoms with Gasteiger partial charge in [0, 0.05) is 37.2 Å². The van der Waals surface area contributed by atoms with Gasteiger partial charge in [-0.05, 0) is 18.6 Å². The minimum Gasteiger partial charge on any atom is -0.351 e.